The maximum Gasteiger partial charge on any atom is 0.189 e. The third-order valence-electron chi connectivity index (χ3n) is 7.17. The highest BCUT2D eigenvalue weighted by Crippen LogP contribution is 2.33. The lowest BCUT2D eigenvalue weighted by atomic mass is 10.2. The lowest BCUT2D eigenvalue weighted by Crippen LogP contribution is -2.46. The number of halogens is 2. The Morgan fingerprint density at radius 2 is 1.69 bits per heavy atom. The molecule has 1 aliphatic heterocycles. The maximum atomic E-state index is 13.7. The molecule has 1 fully saturated rings. The summed E-state index contributed by atoms with van der Waals surface area (Å²) >= 11 is 7.47. The number of hydrogen-bond donors (Lipinski definition) is 2. The molecule has 0 atom stereocenters. The Morgan fingerprint density at radius 3 is 2.45 bits per heavy atom. The summed E-state index contributed by atoms with van der Waals surface area (Å²) in [5.74, 6) is 1.22. The molecule has 3 heterocycles. The van der Waals surface area contributed by atoms with E-state index >= 15 is 0 Å². The van der Waals surface area contributed by atoms with Gasteiger partial charge in [-0.3, -0.25) is 4.90 Å². The van der Waals surface area contributed by atoms with Gasteiger partial charge in [-0.25, -0.2) is 14.4 Å². The smallest absolute Gasteiger partial charge is 0.189 e. The lowest BCUT2D eigenvalue weighted by Gasteiger charge is -2.36. The van der Waals surface area contributed by atoms with Crippen molar-refractivity contribution in [2.75, 3.05) is 54.9 Å². The largest absolute Gasteiger partial charge is 0.494 e. The van der Waals surface area contributed by atoms with E-state index < -0.39 is 0 Å². The second-order valence-corrected chi connectivity index (χ2v) is 11.6. The summed E-state index contributed by atoms with van der Waals surface area (Å²) in [7, 11) is 0. The molecule has 5 aromatic rings. The van der Waals surface area contributed by atoms with Crippen LogP contribution in [0.2, 0.25) is 5.02 Å². The Balaban J connectivity index is 0.967. The van der Waals surface area contributed by atoms with E-state index in [-0.39, 0.29) is 5.82 Å². The van der Waals surface area contributed by atoms with Crippen LogP contribution in [0.3, 0.4) is 0 Å². The Hall–Kier alpha value is -3.99. The number of ether oxygens (including phenoxy) is 1. The van der Waals surface area contributed by atoms with Gasteiger partial charge in [0.2, 0.25) is 0 Å². The van der Waals surface area contributed by atoms with Crippen LogP contribution >= 0.6 is 22.9 Å². The van der Waals surface area contributed by atoms with Crippen molar-refractivity contribution in [1.29, 1.82) is 0 Å². The first-order valence-corrected chi connectivity index (χ1v) is 15.1. The van der Waals surface area contributed by atoms with Crippen LogP contribution in [0, 0.1) is 12.7 Å². The Kier molecular flexibility index (Phi) is 8.64. The van der Waals surface area contributed by atoms with E-state index in [0.717, 1.165) is 66.0 Å². The van der Waals surface area contributed by atoms with E-state index in [4.69, 9.17) is 16.3 Å². The van der Waals surface area contributed by atoms with Gasteiger partial charge in [0, 0.05) is 54.8 Å². The minimum absolute atomic E-state index is 0.241. The molecule has 2 N–H and O–H groups in total. The number of rotatable bonds is 10. The Labute approximate surface area is 253 Å². The van der Waals surface area contributed by atoms with Crippen molar-refractivity contribution in [2.24, 2.45) is 0 Å². The predicted octanol–water partition coefficient (Wildman–Crippen LogP) is 7.27. The summed E-state index contributed by atoms with van der Waals surface area (Å²) in [4.78, 5) is 18.2. The number of hydrogen-bond acceptors (Lipinski definition) is 9. The molecule has 42 heavy (non-hydrogen) atoms. The van der Waals surface area contributed by atoms with Gasteiger partial charge in [-0.2, -0.15) is 4.98 Å². The number of piperazine rings is 1. The topological polar surface area (TPSA) is 78.4 Å². The molecule has 11 heteroatoms. The van der Waals surface area contributed by atoms with Crippen LogP contribution < -0.4 is 20.3 Å². The summed E-state index contributed by atoms with van der Waals surface area (Å²) in [5, 5.41) is 8.08. The fraction of sp³-hybridized carbons (Fsp3) is 0.258. The summed E-state index contributed by atoms with van der Waals surface area (Å²) in [6.45, 7) is 7.55. The molecule has 2 aromatic heterocycles. The summed E-state index contributed by atoms with van der Waals surface area (Å²) in [6.07, 6.45) is 2.44. The fourth-order valence-electron chi connectivity index (χ4n) is 4.87. The first-order chi connectivity index (χ1) is 20.5. The molecule has 8 nitrogen and oxygen atoms in total. The van der Waals surface area contributed by atoms with E-state index in [1.165, 1.54) is 29.4 Å². The highest BCUT2D eigenvalue weighted by molar-refractivity contribution is 7.22. The second kappa shape index (κ2) is 12.9. The lowest BCUT2D eigenvalue weighted by molar-refractivity contribution is 0.225. The van der Waals surface area contributed by atoms with E-state index in [0.29, 0.717) is 28.8 Å². The van der Waals surface area contributed by atoms with E-state index in [1.807, 2.05) is 36.4 Å². The highest BCUT2D eigenvalue weighted by atomic mass is 35.5. The molecule has 6 rings (SSSR count). The minimum Gasteiger partial charge on any atom is -0.494 e. The molecule has 0 amide bonds. The summed E-state index contributed by atoms with van der Waals surface area (Å²) < 4.78 is 20.5. The summed E-state index contributed by atoms with van der Waals surface area (Å²) in [5.41, 5.74) is 4.04. The van der Waals surface area contributed by atoms with Crippen molar-refractivity contribution >= 4 is 61.3 Å². The van der Waals surface area contributed by atoms with Gasteiger partial charge in [0.05, 0.1) is 6.61 Å². The third kappa shape index (κ3) is 6.89. The zero-order chi connectivity index (χ0) is 28.9. The van der Waals surface area contributed by atoms with E-state index in [9.17, 15) is 4.39 Å². The van der Waals surface area contributed by atoms with Crippen LogP contribution in [-0.4, -0.2) is 59.2 Å². The van der Waals surface area contributed by atoms with Crippen molar-refractivity contribution in [3.63, 3.8) is 0 Å². The normalized spacial score (nSPS) is 13.8. The Morgan fingerprint density at radius 1 is 0.929 bits per heavy atom. The first-order valence-electron chi connectivity index (χ1n) is 13.9. The molecule has 0 saturated carbocycles. The van der Waals surface area contributed by atoms with Gasteiger partial charge in [0.1, 0.15) is 22.6 Å². The number of nitrogens with one attached hydrogen (secondary N) is 2. The maximum absolute atomic E-state index is 13.7. The molecule has 0 radical (unpaired) electrons. The molecule has 216 valence electrons. The van der Waals surface area contributed by atoms with Crippen molar-refractivity contribution in [3.05, 3.63) is 89.5 Å². The second-order valence-electron chi connectivity index (χ2n) is 10.1. The summed E-state index contributed by atoms with van der Waals surface area (Å²) in [6, 6.07) is 20.8. The number of anilines is 5. The standard InChI is InChI=1S/C31H31ClFN7OS/c1-21-19-24(7-12-27(21)33)36-29-28-30(35-20-34-29)38-31(42-28)37-23-5-10-26(11-6-23)41-18-2-13-39-14-16-40(17-15-39)25-8-3-22(32)4-9-25/h3-12,19-20H,2,13-18H2,1H3,(H2,34,35,36,37,38). The van der Waals surface area contributed by atoms with Gasteiger partial charge in [-0.15, -0.1) is 0 Å². The zero-order valence-electron chi connectivity index (χ0n) is 23.2. The Bertz CT molecular complexity index is 1640. The van der Waals surface area contributed by atoms with Gasteiger partial charge in [0.25, 0.3) is 0 Å². The van der Waals surface area contributed by atoms with Gasteiger partial charge in [-0.1, -0.05) is 22.9 Å². The number of aromatic nitrogens is 3. The highest BCUT2D eigenvalue weighted by Gasteiger charge is 2.17. The van der Waals surface area contributed by atoms with Crippen molar-refractivity contribution < 1.29 is 9.13 Å². The SMILES string of the molecule is Cc1cc(Nc2ncnc3nc(Nc4ccc(OCCCN5CCN(c6ccc(Cl)cc6)CC5)cc4)sc23)ccc1F. The molecule has 0 bridgehead atoms. The van der Waals surface area contributed by atoms with Crippen molar-refractivity contribution in [1.82, 2.24) is 19.9 Å². The van der Waals surface area contributed by atoms with Gasteiger partial charge < -0.3 is 20.3 Å². The van der Waals surface area contributed by atoms with Gasteiger partial charge in [0.15, 0.2) is 16.6 Å². The van der Waals surface area contributed by atoms with Crippen molar-refractivity contribution in [2.45, 2.75) is 13.3 Å². The average Bonchev–Trinajstić information content (AvgIpc) is 3.42. The number of benzene rings is 3. The number of fused-ring (bicyclic) bond motifs is 1. The fourth-order valence-corrected chi connectivity index (χ4v) is 5.88. The predicted molar refractivity (Wildman–Crippen MR) is 170 cm³/mol. The molecule has 3 aromatic carbocycles. The average molecular weight is 604 g/mol. The molecule has 0 unspecified atom stereocenters. The zero-order valence-corrected chi connectivity index (χ0v) is 24.8. The molecular weight excluding hydrogens is 573 g/mol. The van der Waals surface area contributed by atoms with E-state index in [1.54, 1.807) is 19.1 Å². The molecule has 0 spiro atoms. The van der Waals surface area contributed by atoms with Crippen LogP contribution in [0.5, 0.6) is 5.75 Å². The molecule has 1 aliphatic rings. The van der Waals surface area contributed by atoms with Crippen LogP contribution in [0.1, 0.15) is 12.0 Å². The monoisotopic (exact) mass is 603 g/mol. The number of aryl methyl sites for hydroxylation is 1. The van der Waals surface area contributed by atoms with Crippen LogP contribution in [0.15, 0.2) is 73.1 Å². The van der Waals surface area contributed by atoms with Gasteiger partial charge >= 0.3 is 0 Å². The van der Waals surface area contributed by atoms with Crippen LogP contribution in [0.4, 0.5) is 32.4 Å². The minimum atomic E-state index is -0.241. The number of nitrogens with zero attached hydrogens (tertiary/aromatic N) is 5. The molecule has 1 saturated heterocycles. The number of thiazole rings is 1. The van der Waals surface area contributed by atoms with Crippen LogP contribution in [0.25, 0.3) is 10.3 Å². The third-order valence-corrected chi connectivity index (χ3v) is 8.39. The molecular formula is C31H31ClFN7OS. The quantitative estimate of drug-likeness (QED) is 0.161. The van der Waals surface area contributed by atoms with Gasteiger partial charge in [-0.05, 0) is 85.6 Å². The molecule has 0 aliphatic carbocycles. The van der Waals surface area contributed by atoms with Crippen LogP contribution in [-0.2, 0) is 0 Å². The first kappa shape index (κ1) is 28.1. The van der Waals surface area contributed by atoms with Crippen molar-refractivity contribution in [3.8, 4) is 5.75 Å². The van der Waals surface area contributed by atoms with E-state index in [2.05, 4.69) is 47.5 Å².